The Morgan fingerprint density at radius 1 is 1.39 bits per heavy atom. The molecule has 2 aliphatic rings. The van der Waals surface area contributed by atoms with Crippen LogP contribution in [0.2, 0.25) is 0 Å². The second-order valence-electron chi connectivity index (χ2n) is 5.21. The molecule has 4 nitrogen and oxygen atoms in total. The topological polar surface area (TPSA) is 43.4 Å². The second-order valence-corrected chi connectivity index (χ2v) is 5.21. The zero-order valence-electron chi connectivity index (χ0n) is 10.8. The number of nitrogens with zero attached hydrogens (tertiary/aromatic N) is 1. The van der Waals surface area contributed by atoms with Gasteiger partial charge in [-0.2, -0.15) is 0 Å². The van der Waals surface area contributed by atoms with Crippen LogP contribution < -0.4 is 10.1 Å². The van der Waals surface area contributed by atoms with Gasteiger partial charge in [0.2, 0.25) is 5.88 Å². The van der Waals surface area contributed by atoms with Crippen LogP contribution in [0.25, 0.3) is 0 Å². The summed E-state index contributed by atoms with van der Waals surface area (Å²) in [6.45, 7) is 4.40. The molecule has 98 valence electrons. The lowest BCUT2D eigenvalue weighted by Crippen LogP contribution is -2.18. The molecule has 1 saturated carbocycles. The van der Waals surface area contributed by atoms with Gasteiger partial charge in [0.25, 0.3) is 0 Å². The molecular weight excluding hydrogens is 228 g/mol. The van der Waals surface area contributed by atoms with E-state index in [1.165, 1.54) is 18.4 Å². The van der Waals surface area contributed by atoms with E-state index >= 15 is 0 Å². The van der Waals surface area contributed by atoms with E-state index in [-0.39, 0.29) is 6.10 Å². The van der Waals surface area contributed by atoms with E-state index in [1.807, 2.05) is 13.0 Å². The summed E-state index contributed by atoms with van der Waals surface area (Å²) in [5.74, 6) is 0.734. The molecule has 1 atom stereocenters. The Morgan fingerprint density at radius 2 is 2.28 bits per heavy atom. The quantitative estimate of drug-likeness (QED) is 0.863. The number of aromatic nitrogens is 1. The van der Waals surface area contributed by atoms with Crippen molar-refractivity contribution in [3.05, 3.63) is 23.4 Å². The van der Waals surface area contributed by atoms with Crippen LogP contribution in [-0.4, -0.2) is 30.3 Å². The highest BCUT2D eigenvalue weighted by Crippen LogP contribution is 2.21. The molecule has 0 aromatic carbocycles. The third kappa shape index (κ3) is 3.21. The summed E-state index contributed by atoms with van der Waals surface area (Å²) in [6.07, 6.45) is 3.76. The third-order valence-electron chi connectivity index (χ3n) is 3.34. The summed E-state index contributed by atoms with van der Waals surface area (Å²) < 4.78 is 11.2. The lowest BCUT2D eigenvalue weighted by Gasteiger charge is -2.13. The third-order valence-corrected chi connectivity index (χ3v) is 3.34. The molecule has 1 saturated heterocycles. The normalized spacial score (nSPS) is 23.3. The highest BCUT2D eigenvalue weighted by atomic mass is 16.5. The second kappa shape index (κ2) is 5.24. The van der Waals surface area contributed by atoms with Crippen molar-refractivity contribution in [2.75, 3.05) is 13.2 Å². The van der Waals surface area contributed by atoms with Gasteiger partial charge in [0.05, 0.1) is 13.2 Å². The number of hydrogen-bond acceptors (Lipinski definition) is 4. The molecule has 3 rings (SSSR count). The van der Waals surface area contributed by atoms with Crippen molar-refractivity contribution in [1.82, 2.24) is 10.3 Å². The van der Waals surface area contributed by atoms with Crippen LogP contribution in [0.5, 0.6) is 5.88 Å². The van der Waals surface area contributed by atoms with Crippen molar-refractivity contribution in [2.45, 2.75) is 44.9 Å². The smallest absolute Gasteiger partial charge is 0.214 e. The largest absolute Gasteiger partial charge is 0.472 e. The van der Waals surface area contributed by atoms with E-state index in [0.717, 1.165) is 37.2 Å². The lowest BCUT2D eigenvalue weighted by molar-refractivity contribution is 0.138. The van der Waals surface area contributed by atoms with Gasteiger partial charge in [-0.1, -0.05) is 0 Å². The Hall–Kier alpha value is -1.13. The van der Waals surface area contributed by atoms with Gasteiger partial charge in [-0.05, 0) is 31.4 Å². The van der Waals surface area contributed by atoms with Gasteiger partial charge in [0, 0.05) is 30.8 Å². The molecule has 1 aromatic heterocycles. The van der Waals surface area contributed by atoms with Gasteiger partial charge >= 0.3 is 0 Å². The molecule has 1 N–H and O–H groups in total. The molecule has 4 heteroatoms. The summed E-state index contributed by atoms with van der Waals surface area (Å²) >= 11 is 0. The summed E-state index contributed by atoms with van der Waals surface area (Å²) in [5.41, 5.74) is 2.27. The lowest BCUT2D eigenvalue weighted by atomic mass is 10.2. The van der Waals surface area contributed by atoms with Crippen molar-refractivity contribution in [3.63, 3.8) is 0 Å². The first-order valence-electron chi connectivity index (χ1n) is 6.75. The zero-order valence-corrected chi connectivity index (χ0v) is 10.8. The molecule has 0 bridgehead atoms. The predicted octanol–water partition coefficient (Wildman–Crippen LogP) is 1.81. The van der Waals surface area contributed by atoms with Crippen molar-refractivity contribution >= 4 is 0 Å². The van der Waals surface area contributed by atoms with Gasteiger partial charge < -0.3 is 14.8 Å². The molecule has 18 heavy (non-hydrogen) atoms. The Bertz CT molecular complexity index is 412. The zero-order chi connectivity index (χ0) is 12.4. The number of hydrogen-bond donors (Lipinski definition) is 1. The van der Waals surface area contributed by atoms with Crippen LogP contribution in [0.1, 0.15) is 30.5 Å². The van der Waals surface area contributed by atoms with Crippen molar-refractivity contribution < 1.29 is 9.47 Å². The van der Waals surface area contributed by atoms with Crippen molar-refractivity contribution in [2.24, 2.45) is 0 Å². The molecule has 2 heterocycles. The monoisotopic (exact) mass is 248 g/mol. The molecule has 0 amide bonds. The molecule has 1 aliphatic heterocycles. The van der Waals surface area contributed by atoms with Crippen LogP contribution in [0.3, 0.4) is 0 Å². The molecule has 2 fully saturated rings. The molecule has 0 radical (unpaired) electrons. The SMILES string of the molecule is Cc1cc(CNC2CC2)cc(OC2CCOC2)n1. The number of rotatable bonds is 5. The average molecular weight is 248 g/mol. The van der Waals surface area contributed by atoms with Crippen LogP contribution >= 0.6 is 0 Å². The van der Waals surface area contributed by atoms with E-state index in [4.69, 9.17) is 9.47 Å². The maximum Gasteiger partial charge on any atom is 0.214 e. The fourth-order valence-corrected chi connectivity index (χ4v) is 2.20. The van der Waals surface area contributed by atoms with Crippen molar-refractivity contribution in [1.29, 1.82) is 0 Å². The molecule has 1 unspecified atom stereocenters. The van der Waals surface area contributed by atoms with Gasteiger partial charge in [-0.3, -0.25) is 0 Å². The maximum atomic E-state index is 5.86. The first kappa shape index (κ1) is 11.9. The number of aryl methyl sites for hydroxylation is 1. The number of ether oxygens (including phenoxy) is 2. The van der Waals surface area contributed by atoms with E-state index in [2.05, 4.69) is 16.4 Å². The average Bonchev–Trinajstić information content (AvgIpc) is 3.04. The summed E-state index contributed by atoms with van der Waals surface area (Å²) in [7, 11) is 0. The molecule has 1 aromatic rings. The maximum absolute atomic E-state index is 5.86. The van der Waals surface area contributed by atoms with Gasteiger partial charge in [0.15, 0.2) is 0 Å². The first-order chi connectivity index (χ1) is 8.79. The number of pyridine rings is 1. The van der Waals surface area contributed by atoms with E-state index < -0.39 is 0 Å². The van der Waals surface area contributed by atoms with Gasteiger partial charge in [-0.25, -0.2) is 4.98 Å². The molecule has 1 aliphatic carbocycles. The Morgan fingerprint density at radius 3 is 3.00 bits per heavy atom. The minimum Gasteiger partial charge on any atom is -0.472 e. The fourth-order valence-electron chi connectivity index (χ4n) is 2.20. The van der Waals surface area contributed by atoms with Crippen LogP contribution in [0, 0.1) is 6.92 Å². The van der Waals surface area contributed by atoms with Crippen LogP contribution in [0.4, 0.5) is 0 Å². The summed E-state index contributed by atoms with van der Waals surface area (Å²) in [4.78, 5) is 4.43. The van der Waals surface area contributed by atoms with E-state index in [1.54, 1.807) is 0 Å². The Kier molecular flexibility index (Phi) is 3.48. The van der Waals surface area contributed by atoms with E-state index in [0.29, 0.717) is 6.61 Å². The van der Waals surface area contributed by atoms with E-state index in [9.17, 15) is 0 Å². The predicted molar refractivity (Wildman–Crippen MR) is 68.7 cm³/mol. The summed E-state index contributed by atoms with van der Waals surface area (Å²) in [5, 5.41) is 3.51. The van der Waals surface area contributed by atoms with Gasteiger partial charge in [-0.15, -0.1) is 0 Å². The Labute approximate surface area is 108 Å². The fraction of sp³-hybridized carbons (Fsp3) is 0.643. The molecule has 0 spiro atoms. The highest BCUT2D eigenvalue weighted by molar-refractivity contribution is 5.25. The minimum absolute atomic E-state index is 0.170. The first-order valence-corrected chi connectivity index (χ1v) is 6.75. The highest BCUT2D eigenvalue weighted by Gasteiger charge is 2.21. The standard InChI is InChI=1S/C14H20N2O2/c1-10-6-11(8-15-12-2-3-12)7-14(16-10)18-13-4-5-17-9-13/h6-7,12-13,15H,2-5,8-9H2,1H3. The van der Waals surface area contributed by atoms with Crippen molar-refractivity contribution in [3.8, 4) is 5.88 Å². The minimum atomic E-state index is 0.170. The van der Waals surface area contributed by atoms with Crippen LogP contribution in [-0.2, 0) is 11.3 Å². The Balaban J connectivity index is 1.64. The number of nitrogens with one attached hydrogen (secondary N) is 1. The van der Waals surface area contributed by atoms with Gasteiger partial charge in [0.1, 0.15) is 6.10 Å². The summed E-state index contributed by atoms with van der Waals surface area (Å²) in [6, 6.07) is 4.89. The molecular formula is C14H20N2O2. The van der Waals surface area contributed by atoms with Crippen LogP contribution in [0.15, 0.2) is 12.1 Å².